The molecule has 5 rings (SSSR count). The van der Waals surface area contributed by atoms with Gasteiger partial charge in [0.05, 0.1) is 23.4 Å². The minimum atomic E-state index is -0.127. The van der Waals surface area contributed by atoms with Crippen molar-refractivity contribution in [1.82, 2.24) is 24.9 Å². The summed E-state index contributed by atoms with van der Waals surface area (Å²) >= 11 is 2.69. The largest absolute Gasteiger partial charge is 0.497 e. The summed E-state index contributed by atoms with van der Waals surface area (Å²) in [5, 5.41) is 14.8. The molecule has 4 aromatic rings. The van der Waals surface area contributed by atoms with Crippen LogP contribution in [0.15, 0.2) is 70.7 Å². The molecule has 1 saturated heterocycles. The zero-order chi connectivity index (χ0) is 23.7. The van der Waals surface area contributed by atoms with Crippen LogP contribution in [0.1, 0.15) is 10.6 Å². The number of methoxy groups -OCH3 is 1. The fourth-order valence-corrected chi connectivity index (χ4v) is 4.96. The number of aliphatic imine (C=N–C) groups is 1. The summed E-state index contributed by atoms with van der Waals surface area (Å²) in [6.45, 7) is 1.87. The van der Waals surface area contributed by atoms with Crippen molar-refractivity contribution in [3.05, 3.63) is 76.3 Å². The predicted molar refractivity (Wildman–Crippen MR) is 136 cm³/mol. The lowest BCUT2D eigenvalue weighted by molar-refractivity contribution is -0.121. The van der Waals surface area contributed by atoms with Gasteiger partial charge < -0.3 is 4.74 Å². The Labute approximate surface area is 204 Å². The number of carbonyl (C=O) groups excluding carboxylic acids is 1. The van der Waals surface area contributed by atoms with Crippen LogP contribution >= 0.6 is 23.1 Å². The van der Waals surface area contributed by atoms with Gasteiger partial charge in [-0.3, -0.25) is 9.69 Å². The molecule has 1 aliphatic heterocycles. The molecular formula is C24H20N6O2S2. The van der Waals surface area contributed by atoms with Crippen molar-refractivity contribution >= 4 is 45.4 Å². The van der Waals surface area contributed by atoms with E-state index in [4.69, 9.17) is 9.84 Å². The van der Waals surface area contributed by atoms with E-state index in [2.05, 4.69) is 15.2 Å². The lowest BCUT2D eigenvalue weighted by Gasteiger charge is -2.05. The summed E-state index contributed by atoms with van der Waals surface area (Å²) in [7, 11) is 3.34. The summed E-state index contributed by atoms with van der Waals surface area (Å²) in [5.41, 5.74) is 3.44. The third-order valence-electron chi connectivity index (χ3n) is 5.12. The Kier molecular flexibility index (Phi) is 5.99. The number of aryl methyl sites for hydroxylation is 1. The zero-order valence-electron chi connectivity index (χ0n) is 18.7. The van der Waals surface area contributed by atoms with Crippen LogP contribution < -0.4 is 4.74 Å². The highest BCUT2D eigenvalue weighted by Gasteiger charge is 2.31. The molecule has 34 heavy (non-hydrogen) atoms. The van der Waals surface area contributed by atoms with Gasteiger partial charge in [0, 0.05) is 24.4 Å². The molecule has 0 saturated carbocycles. The van der Waals surface area contributed by atoms with Gasteiger partial charge >= 0.3 is 0 Å². The van der Waals surface area contributed by atoms with Crippen LogP contribution in [0, 0.1) is 6.92 Å². The Morgan fingerprint density at radius 2 is 1.82 bits per heavy atom. The first kappa shape index (κ1) is 22.1. The fourth-order valence-electron chi connectivity index (χ4n) is 3.39. The van der Waals surface area contributed by atoms with Crippen LogP contribution in [0.4, 0.5) is 5.13 Å². The molecular weight excluding hydrogens is 468 g/mol. The summed E-state index contributed by atoms with van der Waals surface area (Å²) in [6, 6.07) is 17.6. The minimum Gasteiger partial charge on any atom is -0.497 e. The van der Waals surface area contributed by atoms with E-state index in [-0.39, 0.29) is 5.91 Å². The molecule has 0 unspecified atom stereocenters. The number of likely N-dealkylation sites (N-methyl/N-ethyl adjacent to an activating group) is 1. The number of thioether (sulfide) groups is 1. The number of benzene rings is 2. The second-order valence-corrected chi connectivity index (χ2v) is 9.58. The number of hydrogen-bond donors (Lipinski definition) is 0. The second kappa shape index (κ2) is 9.24. The van der Waals surface area contributed by atoms with Crippen molar-refractivity contribution in [3.63, 3.8) is 0 Å². The molecule has 0 bridgehead atoms. The second-order valence-electron chi connectivity index (χ2n) is 7.41. The lowest BCUT2D eigenvalue weighted by Crippen LogP contribution is -2.23. The van der Waals surface area contributed by atoms with Gasteiger partial charge in [-0.05, 0) is 61.2 Å². The Bertz CT molecular complexity index is 1410. The summed E-state index contributed by atoms with van der Waals surface area (Å²) < 4.78 is 7.11. The molecule has 1 aliphatic rings. The van der Waals surface area contributed by atoms with Crippen LogP contribution in [0.25, 0.3) is 23.0 Å². The van der Waals surface area contributed by atoms with Crippen LogP contribution in [-0.4, -0.2) is 50.1 Å². The lowest BCUT2D eigenvalue weighted by atomic mass is 10.1. The Balaban J connectivity index is 1.56. The van der Waals surface area contributed by atoms with E-state index in [1.807, 2.05) is 78.5 Å². The number of aromatic nitrogens is 4. The van der Waals surface area contributed by atoms with Gasteiger partial charge in [-0.2, -0.15) is 10.1 Å². The Hall–Kier alpha value is -3.76. The van der Waals surface area contributed by atoms with E-state index >= 15 is 0 Å². The van der Waals surface area contributed by atoms with Gasteiger partial charge in [0.15, 0.2) is 5.17 Å². The standard InChI is InChI=1S/C24H20N6O2S2/c1-15-26-27-23(33-15)25-24-29(2)22(31)20(34-24)13-17-14-30(18-7-5-4-6-8-18)28-21(17)16-9-11-19(32-3)12-10-16/h4-14H,1-3H3/b20-13-,25-24+. The average Bonchev–Trinajstić information content (AvgIpc) is 3.55. The number of hydrogen-bond acceptors (Lipinski definition) is 8. The highest BCUT2D eigenvalue weighted by molar-refractivity contribution is 8.18. The van der Waals surface area contributed by atoms with Gasteiger partial charge in [0.1, 0.15) is 10.8 Å². The maximum absolute atomic E-state index is 13.0. The smallest absolute Gasteiger partial charge is 0.266 e. The Morgan fingerprint density at radius 1 is 1.06 bits per heavy atom. The SMILES string of the molecule is COc1ccc(-c2nn(-c3ccccc3)cc2/C=C2\S/C(=N/c3nnc(C)s3)N(C)C2=O)cc1. The number of rotatable bonds is 5. The number of para-hydroxylation sites is 1. The quantitative estimate of drug-likeness (QED) is 0.370. The van der Waals surface area contributed by atoms with Crippen molar-refractivity contribution in [1.29, 1.82) is 0 Å². The normalized spacial score (nSPS) is 16.1. The average molecular weight is 489 g/mol. The molecule has 0 spiro atoms. The molecule has 0 N–H and O–H groups in total. The van der Waals surface area contributed by atoms with E-state index in [0.717, 1.165) is 33.3 Å². The maximum Gasteiger partial charge on any atom is 0.266 e. The summed E-state index contributed by atoms with van der Waals surface area (Å²) in [5.74, 6) is 0.639. The van der Waals surface area contributed by atoms with Crippen molar-refractivity contribution in [2.24, 2.45) is 4.99 Å². The predicted octanol–water partition coefficient (Wildman–Crippen LogP) is 4.94. The first-order valence-corrected chi connectivity index (χ1v) is 12.0. The van der Waals surface area contributed by atoms with E-state index < -0.39 is 0 Å². The van der Waals surface area contributed by atoms with Gasteiger partial charge in [0.25, 0.3) is 5.91 Å². The van der Waals surface area contributed by atoms with Crippen LogP contribution in [0.5, 0.6) is 5.75 Å². The number of ether oxygens (including phenoxy) is 1. The highest BCUT2D eigenvalue weighted by atomic mass is 32.2. The first-order valence-electron chi connectivity index (χ1n) is 10.4. The van der Waals surface area contributed by atoms with Crippen LogP contribution in [0.2, 0.25) is 0 Å². The van der Waals surface area contributed by atoms with Crippen LogP contribution in [-0.2, 0) is 4.79 Å². The highest BCUT2D eigenvalue weighted by Crippen LogP contribution is 2.36. The monoisotopic (exact) mass is 488 g/mol. The number of amidine groups is 1. The summed E-state index contributed by atoms with van der Waals surface area (Å²) in [6.07, 6.45) is 3.79. The van der Waals surface area contributed by atoms with Gasteiger partial charge in [-0.1, -0.05) is 29.5 Å². The molecule has 1 fully saturated rings. The van der Waals surface area contributed by atoms with E-state index in [9.17, 15) is 4.79 Å². The Morgan fingerprint density at radius 3 is 2.50 bits per heavy atom. The fraction of sp³-hybridized carbons (Fsp3) is 0.125. The van der Waals surface area contributed by atoms with E-state index in [0.29, 0.717) is 15.2 Å². The molecule has 0 aliphatic carbocycles. The molecule has 170 valence electrons. The van der Waals surface area contributed by atoms with Crippen molar-refractivity contribution < 1.29 is 9.53 Å². The zero-order valence-corrected chi connectivity index (χ0v) is 20.3. The van der Waals surface area contributed by atoms with Gasteiger partial charge in [-0.25, -0.2) is 4.68 Å². The van der Waals surface area contributed by atoms with Gasteiger partial charge in [0.2, 0.25) is 5.13 Å². The topological polar surface area (TPSA) is 85.5 Å². The van der Waals surface area contributed by atoms with E-state index in [1.165, 1.54) is 28.0 Å². The third-order valence-corrected chi connectivity index (χ3v) is 6.92. The number of carbonyl (C=O) groups is 1. The van der Waals surface area contributed by atoms with Crippen LogP contribution in [0.3, 0.4) is 0 Å². The molecule has 1 amide bonds. The third kappa shape index (κ3) is 4.37. The summed E-state index contributed by atoms with van der Waals surface area (Å²) in [4.78, 5) is 19.6. The molecule has 8 nitrogen and oxygen atoms in total. The number of nitrogens with zero attached hydrogens (tertiary/aromatic N) is 6. The molecule has 2 aromatic carbocycles. The minimum absolute atomic E-state index is 0.127. The van der Waals surface area contributed by atoms with Crippen molar-refractivity contribution in [3.8, 4) is 22.7 Å². The molecule has 0 radical (unpaired) electrons. The van der Waals surface area contributed by atoms with Crippen molar-refractivity contribution in [2.45, 2.75) is 6.92 Å². The van der Waals surface area contributed by atoms with E-state index in [1.54, 1.807) is 14.2 Å². The maximum atomic E-state index is 13.0. The molecule has 10 heteroatoms. The molecule has 2 aromatic heterocycles. The molecule has 0 atom stereocenters. The van der Waals surface area contributed by atoms with Crippen molar-refractivity contribution in [2.75, 3.05) is 14.2 Å². The number of amides is 1. The first-order chi connectivity index (χ1) is 16.5. The molecule has 3 heterocycles. The van der Waals surface area contributed by atoms with Gasteiger partial charge in [-0.15, -0.1) is 10.2 Å².